The van der Waals surface area contributed by atoms with Crippen LogP contribution in [0.3, 0.4) is 0 Å². The number of carbonyl (C=O) groups is 1. The zero-order valence-corrected chi connectivity index (χ0v) is 19.0. The Hall–Kier alpha value is -1.67. The standard InChI is InChI=1S/C21H36N3O4S/c1-4-6-8-10-14-26-20-19(22-29-23-20)18-12-11-13-24(3,16-18)17-28-21(25)27-15-9-7-5-2/h12H,4-11,13-17H2,1-3H3/q+1. The Morgan fingerprint density at radius 1 is 1.07 bits per heavy atom. The van der Waals surface area contributed by atoms with Crippen molar-refractivity contribution in [3.05, 3.63) is 11.8 Å². The van der Waals surface area contributed by atoms with Crippen molar-refractivity contribution in [3.8, 4) is 5.88 Å². The lowest BCUT2D eigenvalue weighted by atomic mass is 10.1. The van der Waals surface area contributed by atoms with Crippen LogP contribution in [0.5, 0.6) is 5.88 Å². The highest BCUT2D eigenvalue weighted by Gasteiger charge is 2.31. The van der Waals surface area contributed by atoms with Crippen molar-refractivity contribution in [2.75, 3.05) is 40.1 Å². The van der Waals surface area contributed by atoms with E-state index in [4.69, 9.17) is 14.2 Å². The Kier molecular flexibility index (Phi) is 10.4. The van der Waals surface area contributed by atoms with Crippen molar-refractivity contribution < 1.29 is 23.5 Å². The van der Waals surface area contributed by atoms with Crippen LogP contribution in [0.4, 0.5) is 4.79 Å². The lowest BCUT2D eigenvalue weighted by Gasteiger charge is -2.36. The number of nitrogens with zero attached hydrogens (tertiary/aromatic N) is 3. The topological polar surface area (TPSA) is 70.5 Å². The van der Waals surface area contributed by atoms with Gasteiger partial charge in [0.1, 0.15) is 12.2 Å². The fourth-order valence-electron chi connectivity index (χ4n) is 3.31. The molecule has 0 bridgehead atoms. The number of aromatic nitrogens is 2. The second-order valence-corrected chi connectivity index (χ2v) is 8.45. The van der Waals surface area contributed by atoms with Gasteiger partial charge in [-0.25, -0.2) is 4.79 Å². The molecular formula is C21H36N3O4S+. The van der Waals surface area contributed by atoms with Crippen LogP contribution in [0.2, 0.25) is 0 Å². The average Bonchev–Trinajstić information content (AvgIpc) is 3.18. The van der Waals surface area contributed by atoms with Crippen LogP contribution in [0.15, 0.2) is 6.08 Å². The van der Waals surface area contributed by atoms with E-state index in [1.165, 1.54) is 31.0 Å². The van der Waals surface area contributed by atoms with Crippen LogP contribution >= 0.6 is 11.7 Å². The number of hydrogen-bond donors (Lipinski definition) is 0. The summed E-state index contributed by atoms with van der Waals surface area (Å²) in [6.07, 6.45) is 10.2. The average molecular weight is 427 g/mol. The first kappa shape index (κ1) is 23.6. The molecule has 1 atom stereocenters. The summed E-state index contributed by atoms with van der Waals surface area (Å²) in [6.45, 7) is 7.32. The molecule has 0 fully saturated rings. The van der Waals surface area contributed by atoms with Gasteiger partial charge in [0.05, 0.1) is 38.5 Å². The van der Waals surface area contributed by atoms with Crippen molar-refractivity contribution >= 4 is 23.5 Å². The minimum Gasteiger partial charge on any atom is -0.475 e. The zero-order chi connectivity index (χ0) is 21.0. The van der Waals surface area contributed by atoms with Gasteiger partial charge in [-0.3, -0.25) is 4.48 Å². The van der Waals surface area contributed by atoms with Crippen LogP contribution in [-0.2, 0) is 9.47 Å². The Labute approximate surface area is 179 Å². The smallest absolute Gasteiger partial charge is 0.475 e. The molecule has 29 heavy (non-hydrogen) atoms. The van der Waals surface area contributed by atoms with E-state index in [9.17, 15) is 4.79 Å². The molecule has 7 nitrogen and oxygen atoms in total. The summed E-state index contributed by atoms with van der Waals surface area (Å²) < 4.78 is 25.8. The second kappa shape index (κ2) is 12.8. The fraction of sp³-hybridized carbons (Fsp3) is 0.762. The molecule has 0 saturated heterocycles. The summed E-state index contributed by atoms with van der Waals surface area (Å²) in [6, 6.07) is 0. The quantitative estimate of drug-likeness (QED) is 0.250. The van der Waals surface area contributed by atoms with E-state index in [0.29, 0.717) is 23.6 Å². The molecule has 0 radical (unpaired) electrons. The first-order valence-electron chi connectivity index (χ1n) is 10.9. The highest BCUT2D eigenvalue weighted by atomic mass is 32.1. The largest absolute Gasteiger partial charge is 0.512 e. The van der Waals surface area contributed by atoms with E-state index >= 15 is 0 Å². The number of hydrogen-bond acceptors (Lipinski definition) is 7. The van der Waals surface area contributed by atoms with Crippen molar-refractivity contribution in [2.24, 2.45) is 0 Å². The van der Waals surface area contributed by atoms with Crippen LogP contribution in [0.25, 0.3) is 5.57 Å². The Bertz CT molecular complexity index is 650. The van der Waals surface area contributed by atoms with E-state index < -0.39 is 6.16 Å². The second-order valence-electron chi connectivity index (χ2n) is 7.93. The van der Waals surface area contributed by atoms with Crippen molar-refractivity contribution in [2.45, 2.75) is 65.2 Å². The molecule has 8 heteroatoms. The van der Waals surface area contributed by atoms with Gasteiger partial charge in [-0.05, 0) is 12.8 Å². The van der Waals surface area contributed by atoms with Gasteiger partial charge in [-0.15, -0.1) is 4.37 Å². The number of likely N-dealkylation sites (N-methyl/N-ethyl adjacent to an activating group) is 1. The molecule has 2 rings (SSSR count). The van der Waals surface area contributed by atoms with E-state index in [1.54, 1.807) is 0 Å². The maximum Gasteiger partial charge on any atom is 0.512 e. The molecule has 0 aliphatic carbocycles. The van der Waals surface area contributed by atoms with Crippen molar-refractivity contribution in [3.63, 3.8) is 0 Å². The number of carbonyl (C=O) groups excluding carboxylic acids is 1. The summed E-state index contributed by atoms with van der Waals surface area (Å²) in [4.78, 5) is 11.8. The summed E-state index contributed by atoms with van der Waals surface area (Å²) >= 11 is 1.18. The number of rotatable bonds is 13. The lowest BCUT2D eigenvalue weighted by Crippen LogP contribution is -2.49. The molecule has 2 heterocycles. The first-order valence-corrected chi connectivity index (χ1v) is 11.6. The van der Waals surface area contributed by atoms with Crippen LogP contribution in [0.1, 0.15) is 70.9 Å². The molecule has 1 aromatic heterocycles. The van der Waals surface area contributed by atoms with Gasteiger partial charge in [0.2, 0.25) is 6.73 Å². The summed E-state index contributed by atoms with van der Waals surface area (Å²) in [7, 11) is 2.09. The molecule has 0 saturated carbocycles. The van der Waals surface area contributed by atoms with Gasteiger partial charge >= 0.3 is 6.16 Å². The number of quaternary nitrogens is 1. The molecule has 0 amide bonds. The normalized spacial score (nSPS) is 18.9. The third-order valence-corrected chi connectivity index (χ3v) is 5.58. The van der Waals surface area contributed by atoms with E-state index in [2.05, 4.69) is 35.7 Å². The van der Waals surface area contributed by atoms with Gasteiger partial charge in [0.15, 0.2) is 0 Å². The Balaban J connectivity index is 1.83. The minimum atomic E-state index is -0.581. The molecule has 1 unspecified atom stereocenters. The number of ether oxygens (including phenoxy) is 3. The van der Waals surface area contributed by atoms with Gasteiger partial charge in [0.25, 0.3) is 5.88 Å². The lowest BCUT2D eigenvalue weighted by molar-refractivity contribution is -0.919. The third-order valence-electron chi connectivity index (χ3n) is 5.07. The van der Waals surface area contributed by atoms with E-state index in [0.717, 1.165) is 56.5 Å². The van der Waals surface area contributed by atoms with Gasteiger partial charge in [0, 0.05) is 12.0 Å². The van der Waals surface area contributed by atoms with Gasteiger partial charge in [-0.1, -0.05) is 52.0 Å². The van der Waals surface area contributed by atoms with Crippen LogP contribution in [0, 0.1) is 0 Å². The molecule has 0 N–H and O–H groups in total. The molecule has 0 spiro atoms. The summed E-state index contributed by atoms with van der Waals surface area (Å²) in [5.74, 6) is 0.627. The maximum atomic E-state index is 11.8. The highest BCUT2D eigenvalue weighted by molar-refractivity contribution is 6.99. The van der Waals surface area contributed by atoms with Crippen LogP contribution in [-0.4, -0.2) is 59.5 Å². The van der Waals surface area contributed by atoms with Gasteiger partial charge in [-0.2, -0.15) is 4.37 Å². The first-order chi connectivity index (χ1) is 14.1. The number of unbranched alkanes of at least 4 members (excludes halogenated alkanes) is 5. The molecule has 1 aliphatic rings. The fourth-order valence-corrected chi connectivity index (χ4v) is 3.84. The predicted molar refractivity (Wildman–Crippen MR) is 115 cm³/mol. The Morgan fingerprint density at radius 2 is 1.83 bits per heavy atom. The summed E-state index contributed by atoms with van der Waals surface area (Å²) in [5, 5.41) is 0. The molecule has 1 aromatic rings. The Morgan fingerprint density at radius 3 is 2.62 bits per heavy atom. The SMILES string of the molecule is CCCCCCOc1nsnc1C1=CCC[N+](C)(COC(=O)OCCCCC)C1. The summed E-state index contributed by atoms with van der Waals surface area (Å²) in [5.41, 5.74) is 1.94. The highest BCUT2D eigenvalue weighted by Crippen LogP contribution is 2.30. The molecular weight excluding hydrogens is 390 g/mol. The van der Waals surface area contributed by atoms with Crippen molar-refractivity contribution in [1.29, 1.82) is 0 Å². The molecule has 0 aromatic carbocycles. The van der Waals surface area contributed by atoms with Crippen LogP contribution < -0.4 is 4.74 Å². The minimum absolute atomic E-state index is 0.286. The van der Waals surface area contributed by atoms with E-state index in [-0.39, 0.29) is 6.73 Å². The predicted octanol–water partition coefficient (Wildman–Crippen LogP) is 5.03. The molecule has 164 valence electrons. The molecule has 1 aliphatic heterocycles. The maximum absolute atomic E-state index is 11.8. The third kappa shape index (κ3) is 8.30. The monoisotopic (exact) mass is 426 g/mol. The van der Waals surface area contributed by atoms with E-state index in [1.807, 2.05) is 0 Å². The van der Waals surface area contributed by atoms with Crippen molar-refractivity contribution in [1.82, 2.24) is 8.75 Å². The van der Waals surface area contributed by atoms with Gasteiger partial charge < -0.3 is 14.2 Å². The zero-order valence-electron chi connectivity index (χ0n) is 18.2.